The first-order valence-electron chi connectivity index (χ1n) is 6.96. The van der Waals surface area contributed by atoms with Gasteiger partial charge in [0.05, 0.1) is 11.6 Å². The number of hydrogen-bond acceptors (Lipinski definition) is 4. The number of para-hydroxylation sites is 1. The van der Waals surface area contributed by atoms with E-state index in [0.29, 0.717) is 25.2 Å². The summed E-state index contributed by atoms with van der Waals surface area (Å²) in [6.45, 7) is 4.39. The third kappa shape index (κ3) is 3.03. The molecule has 116 valence electrons. The second-order valence-electron chi connectivity index (χ2n) is 5.14. The van der Waals surface area contributed by atoms with E-state index < -0.39 is 21.9 Å². The van der Waals surface area contributed by atoms with Crippen molar-refractivity contribution in [2.24, 2.45) is 5.92 Å². The lowest BCUT2D eigenvalue weighted by Gasteiger charge is -2.27. The van der Waals surface area contributed by atoms with Crippen LogP contribution in [0.15, 0.2) is 29.2 Å². The maximum absolute atomic E-state index is 12.3. The lowest BCUT2D eigenvalue weighted by molar-refractivity contribution is -0.141. The van der Waals surface area contributed by atoms with Gasteiger partial charge in [0, 0.05) is 19.1 Å². The first-order valence-corrected chi connectivity index (χ1v) is 8.45. The Balaban J connectivity index is 2.40. The number of hydrogen-bond donors (Lipinski definition) is 2. The number of rotatable bonds is 5. The molecule has 1 aliphatic heterocycles. The lowest BCUT2D eigenvalue weighted by atomic mass is 10.0. The number of carboxylic acids is 1. The predicted octanol–water partition coefficient (Wildman–Crippen LogP) is 1.28. The molecule has 1 aliphatic rings. The van der Waals surface area contributed by atoms with Crippen LogP contribution in [0.2, 0.25) is 0 Å². The van der Waals surface area contributed by atoms with Crippen LogP contribution in [0.4, 0.5) is 5.69 Å². The van der Waals surface area contributed by atoms with Gasteiger partial charge in [0.1, 0.15) is 4.90 Å². The number of carboxylic acid groups (broad SMARTS) is 1. The maximum Gasteiger partial charge on any atom is 0.308 e. The van der Waals surface area contributed by atoms with Crippen molar-refractivity contribution in [2.45, 2.75) is 31.2 Å². The van der Waals surface area contributed by atoms with E-state index in [1.165, 1.54) is 0 Å². The van der Waals surface area contributed by atoms with Crippen LogP contribution in [0.25, 0.3) is 0 Å². The Labute approximate surface area is 124 Å². The zero-order valence-electron chi connectivity index (χ0n) is 12.1. The van der Waals surface area contributed by atoms with Crippen molar-refractivity contribution in [3.63, 3.8) is 0 Å². The molecule has 1 saturated heterocycles. The van der Waals surface area contributed by atoms with Gasteiger partial charge in [-0.25, -0.2) is 13.1 Å². The third-order valence-electron chi connectivity index (χ3n) is 3.87. The highest BCUT2D eigenvalue weighted by Gasteiger charge is 2.37. The summed E-state index contributed by atoms with van der Waals surface area (Å²) < 4.78 is 27.0. The summed E-state index contributed by atoms with van der Waals surface area (Å²) in [7, 11) is -3.58. The average molecular weight is 312 g/mol. The van der Waals surface area contributed by atoms with Crippen LogP contribution >= 0.6 is 0 Å². The van der Waals surface area contributed by atoms with Crippen LogP contribution in [0.1, 0.15) is 20.3 Å². The van der Waals surface area contributed by atoms with Crippen LogP contribution < -0.4 is 9.62 Å². The second-order valence-corrected chi connectivity index (χ2v) is 6.87. The molecule has 0 saturated carbocycles. The highest BCUT2D eigenvalue weighted by molar-refractivity contribution is 7.89. The van der Waals surface area contributed by atoms with Crippen molar-refractivity contribution in [2.75, 3.05) is 18.0 Å². The van der Waals surface area contributed by atoms with Gasteiger partial charge in [0.15, 0.2) is 0 Å². The SMILES string of the molecule is CCNS(=O)(=O)c1ccccc1N1CCC(C(=O)O)C1C. The fourth-order valence-corrected chi connectivity index (χ4v) is 4.05. The van der Waals surface area contributed by atoms with Crippen molar-refractivity contribution < 1.29 is 18.3 Å². The van der Waals surface area contributed by atoms with E-state index in [-0.39, 0.29) is 10.9 Å². The molecule has 1 aromatic carbocycles. The summed E-state index contributed by atoms with van der Waals surface area (Å²) in [5, 5.41) is 9.20. The molecular weight excluding hydrogens is 292 g/mol. The van der Waals surface area contributed by atoms with Gasteiger partial charge in [-0.2, -0.15) is 0 Å². The van der Waals surface area contributed by atoms with Gasteiger partial charge in [-0.3, -0.25) is 4.79 Å². The molecule has 0 aromatic heterocycles. The van der Waals surface area contributed by atoms with Gasteiger partial charge in [-0.15, -0.1) is 0 Å². The minimum atomic E-state index is -3.58. The highest BCUT2D eigenvalue weighted by atomic mass is 32.2. The summed E-state index contributed by atoms with van der Waals surface area (Å²) in [4.78, 5) is 13.3. The number of benzene rings is 1. The second kappa shape index (κ2) is 6.03. The van der Waals surface area contributed by atoms with E-state index in [0.717, 1.165) is 0 Å². The van der Waals surface area contributed by atoms with Gasteiger partial charge in [-0.1, -0.05) is 19.1 Å². The Morgan fingerprint density at radius 2 is 2.10 bits per heavy atom. The number of carbonyl (C=O) groups is 1. The lowest BCUT2D eigenvalue weighted by Crippen LogP contribution is -2.34. The fourth-order valence-electron chi connectivity index (χ4n) is 2.80. The molecule has 2 N–H and O–H groups in total. The first-order chi connectivity index (χ1) is 9.88. The number of aliphatic carboxylic acids is 1. The van der Waals surface area contributed by atoms with E-state index in [2.05, 4.69) is 4.72 Å². The normalized spacial score (nSPS) is 22.5. The van der Waals surface area contributed by atoms with E-state index >= 15 is 0 Å². The van der Waals surface area contributed by atoms with Crippen molar-refractivity contribution in [1.29, 1.82) is 0 Å². The standard InChI is InChI=1S/C14H20N2O4S/c1-3-15-21(19,20)13-7-5-4-6-12(13)16-9-8-11(10(16)2)14(17)18/h4-7,10-11,15H,3,8-9H2,1-2H3,(H,17,18). The minimum Gasteiger partial charge on any atom is -0.481 e. The first kappa shape index (κ1) is 15.8. The summed E-state index contributed by atoms with van der Waals surface area (Å²) in [5.41, 5.74) is 0.565. The number of anilines is 1. The average Bonchev–Trinajstić information content (AvgIpc) is 2.80. The third-order valence-corrected chi connectivity index (χ3v) is 5.46. The Bertz CT molecular complexity index is 630. The van der Waals surface area contributed by atoms with E-state index in [1.807, 2.05) is 11.8 Å². The van der Waals surface area contributed by atoms with Crippen LogP contribution in [-0.2, 0) is 14.8 Å². The summed E-state index contributed by atoms with van der Waals surface area (Å²) >= 11 is 0. The summed E-state index contributed by atoms with van der Waals surface area (Å²) in [5.74, 6) is -1.31. The van der Waals surface area contributed by atoms with Gasteiger partial charge >= 0.3 is 5.97 Å². The Hall–Kier alpha value is -1.60. The molecule has 2 atom stereocenters. The van der Waals surface area contributed by atoms with Crippen molar-refractivity contribution >= 4 is 21.7 Å². The van der Waals surface area contributed by atoms with Gasteiger partial charge in [-0.05, 0) is 25.5 Å². The molecule has 1 aromatic rings. The van der Waals surface area contributed by atoms with Gasteiger partial charge in [0.25, 0.3) is 0 Å². The zero-order chi connectivity index (χ0) is 15.6. The maximum atomic E-state index is 12.3. The molecule has 7 heteroatoms. The summed E-state index contributed by atoms with van der Waals surface area (Å²) in [6, 6.07) is 6.48. The molecule has 1 heterocycles. The molecule has 0 aliphatic carbocycles. The van der Waals surface area contributed by atoms with Crippen LogP contribution in [0.5, 0.6) is 0 Å². The Morgan fingerprint density at radius 1 is 1.43 bits per heavy atom. The van der Waals surface area contributed by atoms with Crippen molar-refractivity contribution in [3.8, 4) is 0 Å². The van der Waals surface area contributed by atoms with Crippen molar-refractivity contribution in [3.05, 3.63) is 24.3 Å². The molecule has 0 amide bonds. The van der Waals surface area contributed by atoms with E-state index in [4.69, 9.17) is 0 Å². The topological polar surface area (TPSA) is 86.7 Å². The summed E-state index contributed by atoms with van der Waals surface area (Å²) in [6.07, 6.45) is 0.520. The van der Waals surface area contributed by atoms with E-state index in [1.54, 1.807) is 31.2 Å². The van der Waals surface area contributed by atoms with Gasteiger partial charge in [0.2, 0.25) is 10.0 Å². The minimum absolute atomic E-state index is 0.199. The fraction of sp³-hybridized carbons (Fsp3) is 0.500. The molecule has 0 spiro atoms. The molecule has 0 bridgehead atoms. The molecule has 6 nitrogen and oxygen atoms in total. The van der Waals surface area contributed by atoms with Crippen LogP contribution in [-0.4, -0.2) is 38.6 Å². The number of nitrogens with zero attached hydrogens (tertiary/aromatic N) is 1. The highest BCUT2D eigenvalue weighted by Crippen LogP contribution is 2.33. The number of nitrogens with one attached hydrogen (secondary N) is 1. The predicted molar refractivity (Wildman–Crippen MR) is 79.9 cm³/mol. The van der Waals surface area contributed by atoms with Crippen LogP contribution in [0.3, 0.4) is 0 Å². The quantitative estimate of drug-likeness (QED) is 0.855. The zero-order valence-corrected chi connectivity index (χ0v) is 12.9. The molecule has 21 heavy (non-hydrogen) atoms. The van der Waals surface area contributed by atoms with Crippen molar-refractivity contribution in [1.82, 2.24) is 4.72 Å². The smallest absolute Gasteiger partial charge is 0.308 e. The molecule has 2 rings (SSSR count). The van der Waals surface area contributed by atoms with E-state index in [9.17, 15) is 18.3 Å². The Morgan fingerprint density at radius 3 is 2.67 bits per heavy atom. The van der Waals surface area contributed by atoms with Crippen LogP contribution in [0, 0.1) is 5.92 Å². The largest absolute Gasteiger partial charge is 0.481 e. The molecule has 1 fully saturated rings. The molecule has 0 radical (unpaired) electrons. The van der Waals surface area contributed by atoms with Gasteiger partial charge < -0.3 is 10.0 Å². The molecular formula is C14H20N2O4S. The Kier molecular flexibility index (Phi) is 4.53. The number of sulfonamides is 1. The molecule has 2 unspecified atom stereocenters. The monoisotopic (exact) mass is 312 g/mol.